The van der Waals surface area contributed by atoms with Crippen LogP contribution in [0.25, 0.3) is 10.9 Å². The number of benzene rings is 1. The molecule has 4 bridgehead atoms. The molecule has 7 aliphatic heterocycles. The van der Waals surface area contributed by atoms with Gasteiger partial charge >= 0.3 is 0 Å². The Morgan fingerprint density at radius 2 is 0.926 bits per heavy atom. The lowest BCUT2D eigenvalue weighted by molar-refractivity contribution is 0.0690. The van der Waals surface area contributed by atoms with E-state index in [2.05, 4.69) is 215 Å². The maximum atomic E-state index is 4.32. The highest BCUT2D eigenvalue weighted by Crippen LogP contribution is 2.45. The number of nitrogens with one attached hydrogen (secondary N) is 3. The second-order valence-electron chi connectivity index (χ2n) is 31.3. The van der Waals surface area contributed by atoms with E-state index in [0.29, 0.717) is 22.5 Å². The Kier molecular flexibility index (Phi) is 34.3. The van der Waals surface area contributed by atoms with Crippen molar-refractivity contribution in [2.75, 3.05) is 98.2 Å². The molecule has 0 spiro atoms. The molecule has 2 aromatic rings. The van der Waals surface area contributed by atoms with Crippen molar-refractivity contribution in [3.63, 3.8) is 0 Å². The number of fused-ring (bicyclic) bond motifs is 6. The average Bonchev–Trinajstić information content (AvgIpc) is 4.30. The van der Waals surface area contributed by atoms with E-state index in [1.165, 1.54) is 166 Å². The van der Waals surface area contributed by atoms with E-state index in [1.54, 1.807) is 0 Å². The molecular weight excluding hydrogens is 991 g/mol. The lowest BCUT2D eigenvalue weighted by Crippen LogP contribution is -2.49. The molecular formula is C72H139N9. The molecule has 10 aliphatic rings. The molecule has 3 saturated carbocycles. The summed E-state index contributed by atoms with van der Waals surface area (Å²) >= 11 is 0. The summed E-state index contributed by atoms with van der Waals surface area (Å²) in [6.45, 7) is 66.6. The van der Waals surface area contributed by atoms with E-state index in [4.69, 9.17) is 0 Å². The topological polar surface area (TPSA) is 65.2 Å². The number of aromatic nitrogens is 1. The summed E-state index contributed by atoms with van der Waals surface area (Å²) < 4.78 is 0. The van der Waals surface area contributed by atoms with Crippen molar-refractivity contribution >= 4 is 10.9 Å². The molecule has 1 aromatic heterocycles. The highest BCUT2D eigenvalue weighted by Gasteiger charge is 2.45. The first kappa shape index (κ1) is 73.6. The molecule has 472 valence electrons. The van der Waals surface area contributed by atoms with Crippen molar-refractivity contribution in [3.8, 4) is 0 Å². The minimum absolute atomic E-state index is 0.404. The van der Waals surface area contributed by atoms with Gasteiger partial charge in [-0.3, -0.25) is 19.7 Å². The van der Waals surface area contributed by atoms with Crippen LogP contribution in [0.5, 0.6) is 0 Å². The number of hydrogen-bond acceptors (Lipinski definition) is 9. The first-order chi connectivity index (χ1) is 38.1. The predicted molar refractivity (Wildman–Crippen MR) is 359 cm³/mol. The van der Waals surface area contributed by atoms with Crippen molar-refractivity contribution < 1.29 is 0 Å². The van der Waals surface area contributed by atoms with Gasteiger partial charge in [-0.2, -0.15) is 0 Å². The van der Waals surface area contributed by atoms with Gasteiger partial charge < -0.3 is 25.8 Å². The summed E-state index contributed by atoms with van der Waals surface area (Å²) in [5.41, 5.74) is 3.72. The van der Waals surface area contributed by atoms with Crippen molar-refractivity contribution in [2.45, 2.75) is 270 Å². The van der Waals surface area contributed by atoms with Crippen LogP contribution >= 0.6 is 0 Å². The third kappa shape index (κ3) is 30.5. The van der Waals surface area contributed by atoms with Gasteiger partial charge in [0.05, 0.1) is 5.52 Å². The lowest BCUT2D eigenvalue weighted by Gasteiger charge is -2.42. The van der Waals surface area contributed by atoms with Crippen LogP contribution in [-0.4, -0.2) is 162 Å². The van der Waals surface area contributed by atoms with Gasteiger partial charge in [0.1, 0.15) is 0 Å². The summed E-state index contributed by atoms with van der Waals surface area (Å²) in [7, 11) is 0. The summed E-state index contributed by atoms with van der Waals surface area (Å²) in [6, 6.07) is 12.9. The fraction of sp³-hybridized carbons (Fsp3) is 0.875. The Morgan fingerprint density at radius 1 is 0.444 bits per heavy atom. The molecule has 3 aliphatic carbocycles. The normalized spacial score (nSPS) is 26.1. The van der Waals surface area contributed by atoms with Crippen LogP contribution in [0.15, 0.2) is 36.5 Å². The summed E-state index contributed by atoms with van der Waals surface area (Å²) in [4.78, 5) is 17.3. The number of pyridine rings is 1. The van der Waals surface area contributed by atoms with Gasteiger partial charge in [0, 0.05) is 105 Å². The molecule has 9 heteroatoms. The molecule has 6 atom stereocenters. The summed E-state index contributed by atoms with van der Waals surface area (Å²) in [5, 5.41) is 11.0. The highest BCUT2D eigenvalue weighted by molar-refractivity contribution is 5.82. The van der Waals surface area contributed by atoms with Crippen LogP contribution in [0.2, 0.25) is 0 Å². The van der Waals surface area contributed by atoms with Gasteiger partial charge in [-0.15, -0.1) is 0 Å². The van der Waals surface area contributed by atoms with Crippen molar-refractivity contribution in [1.29, 1.82) is 0 Å². The molecule has 81 heavy (non-hydrogen) atoms. The molecule has 10 fully saturated rings. The monoisotopic (exact) mass is 1130 g/mol. The van der Waals surface area contributed by atoms with Gasteiger partial charge in [0.25, 0.3) is 0 Å². The van der Waals surface area contributed by atoms with Gasteiger partial charge in [-0.25, -0.2) is 0 Å². The maximum absolute atomic E-state index is 4.32. The minimum Gasteiger partial charge on any atom is -0.317 e. The van der Waals surface area contributed by atoms with Crippen LogP contribution in [0.4, 0.5) is 0 Å². The molecule has 7 saturated heterocycles. The predicted octanol–water partition coefficient (Wildman–Crippen LogP) is 15.7. The smallest absolute Gasteiger partial charge is 0.0704 e. The fourth-order valence-electron chi connectivity index (χ4n) is 12.6. The zero-order valence-electron chi connectivity index (χ0n) is 57.8. The zero-order valence-corrected chi connectivity index (χ0v) is 57.8. The number of likely N-dealkylation sites (tertiary alicyclic amines) is 5. The number of piperazine rings is 1. The van der Waals surface area contributed by atoms with Crippen molar-refractivity contribution in [2.24, 2.45) is 41.4 Å². The molecule has 9 nitrogen and oxygen atoms in total. The second-order valence-corrected chi connectivity index (χ2v) is 31.3. The van der Waals surface area contributed by atoms with Crippen LogP contribution in [0.1, 0.15) is 240 Å². The second kappa shape index (κ2) is 37.8. The summed E-state index contributed by atoms with van der Waals surface area (Å²) in [6.07, 6.45) is 20.8. The van der Waals surface area contributed by atoms with Gasteiger partial charge in [0.2, 0.25) is 0 Å². The Bertz CT molecular complexity index is 1800. The van der Waals surface area contributed by atoms with Crippen molar-refractivity contribution in [3.05, 3.63) is 42.1 Å². The number of rotatable bonds is 3. The van der Waals surface area contributed by atoms with Crippen LogP contribution in [-0.2, 0) is 0 Å². The molecule has 3 N–H and O–H groups in total. The first-order valence-electron chi connectivity index (χ1n) is 34.3. The highest BCUT2D eigenvalue weighted by atomic mass is 15.2. The lowest BCUT2D eigenvalue weighted by atomic mass is 9.94. The molecule has 12 rings (SSSR count). The summed E-state index contributed by atoms with van der Waals surface area (Å²) in [5.74, 6) is 7.54. The molecule has 8 heterocycles. The van der Waals surface area contributed by atoms with E-state index < -0.39 is 0 Å². The van der Waals surface area contributed by atoms with Crippen LogP contribution in [0, 0.1) is 41.4 Å². The first-order valence-corrected chi connectivity index (χ1v) is 34.3. The maximum Gasteiger partial charge on any atom is 0.0704 e. The number of nitrogens with zero attached hydrogens (tertiary/aromatic N) is 6. The minimum atomic E-state index is 0.404. The number of piperidine rings is 4. The van der Waals surface area contributed by atoms with E-state index in [1.807, 2.05) is 12.3 Å². The van der Waals surface area contributed by atoms with Gasteiger partial charge in [-0.1, -0.05) is 80.0 Å². The van der Waals surface area contributed by atoms with Crippen LogP contribution in [0.3, 0.4) is 0 Å². The molecule has 0 amide bonds. The Balaban J connectivity index is 0.000000241. The van der Waals surface area contributed by atoms with Gasteiger partial charge in [-0.05, 0) is 271 Å². The van der Waals surface area contributed by atoms with Crippen molar-refractivity contribution in [1.82, 2.24) is 45.4 Å². The fourth-order valence-corrected chi connectivity index (χ4v) is 12.6. The average molecular weight is 1130 g/mol. The Hall–Kier alpha value is -1.69. The Morgan fingerprint density at radius 3 is 1.23 bits per heavy atom. The number of hydrogen-bond donors (Lipinski definition) is 3. The zero-order chi connectivity index (χ0) is 60.3. The van der Waals surface area contributed by atoms with E-state index in [0.717, 1.165) is 91.2 Å². The third-order valence-corrected chi connectivity index (χ3v) is 17.7. The molecule has 0 radical (unpaired) electrons. The van der Waals surface area contributed by atoms with Gasteiger partial charge in [0.15, 0.2) is 0 Å². The Labute approximate surface area is 505 Å². The standard InChI is InChI=1S/C12H13N.C11H21N.C10H19N.C8H15N.2C7H15N.C5H11N.C4H10N2.2C4H10/c1-9(2)10-5-3-7-12-11(10)6-4-8-13-12;1-11(2,3)12-7-9-4-5-10(6-9)8-12;1-10(2,3)11-7-8-4-5-9(11)6-8;1-6(2)9-4-7-3-8(7)5-9;1-7(2,3)8-5-4-6-8;1-7(2)8-5-3-4-6-8;1-2-4-6-5-3-1;1-2-6-4-3-5-1;2*1-4(2)3/h3-9H,1-2H3;9-10H,4-8H2,1-3H3;8-9H,4-7H2,1-3H3;6-8H,3-5H2,1-2H3;4-6H2,1-3H3;7H,3-6H2,1-2H3;6H,1-5H2;5-6H,1-4H2;2*4H,1-3H3. The van der Waals surface area contributed by atoms with E-state index in [9.17, 15) is 0 Å². The SMILES string of the molecule is C1CCNCC1.C1CNCCN1.CC(C)(C)N1CC2CCC(C2)C1.CC(C)(C)N1CC2CCC1C2.CC(C)(C)N1CCC1.CC(C)C.CC(C)C.CC(C)N1CC2CC2C1.CC(C)N1CCCC1.CC(C)c1cccc2ncccc12. The van der Waals surface area contributed by atoms with Crippen LogP contribution < -0.4 is 16.0 Å². The largest absolute Gasteiger partial charge is 0.317 e. The molecule has 1 aromatic carbocycles. The van der Waals surface area contributed by atoms with E-state index >= 15 is 0 Å². The third-order valence-electron chi connectivity index (χ3n) is 17.7. The molecule has 6 unspecified atom stereocenters. The quantitative estimate of drug-likeness (QED) is 0.279. The van der Waals surface area contributed by atoms with E-state index in [-0.39, 0.29) is 0 Å².